The number of ether oxygens (including phenoxy) is 1. The maximum absolute atomic E-state index is 12.5. The zero-order chi connectivity index (χ0) is 14.8. The lowest BCUT2D eigenvalue weighted by Gasteiger charge is -2.27. The smallest absolute Gasteiger partial charge is 0.243 e. The molecule has 1 fully saturated rings. The number of sulfonamides is 1. The van der Waals surface area contributed by atoms with Crippen molar-refractivity contribution in [2.24, 2.45) is 0 Å². The second kappa shape index (κ2) is 5.84. The molecule has 2 rings (SSSR count). The van der Waals surface area contributed by atoms with Crippen molar-refractivity contribution in [2.75, 3.05) is 26.3 Å². The maximum Gasteiger partial charge on any atom is 0.243 e. The van der Waals surface area contributed by atoms with Crippen molar-refractivity contribution in [1.29, 1.82) is 0 Å². The average molecular weight is 297 g/mol. The van der Waals surface area contributed by atoms with Crippen LogP contribution in [0.25, 0.3) is 0 Å². The minimum absolute atomic E-state index is 0.0707. The first-order chi connectivity index (χ1) is 9.38. The van der Waals surface area contributed by atoms with Gasteiger partial charge in [-0.2, -0.15) is 4.31 Å². The highest BCUT2D eigenvalue weighted by Crippen LogP contribution is 2.28. The van der Waals surface area contributed by atoms with Gasteiger partial charge >= 0.3 is 0 Å². The number of rotatable bonds is 4. The summed E-state index contributed by atoms with van der Waals surface area (Å²) in [7, 11) is -3.38. The molecule has 0 saturated carbocycles. The predicted molar refractivity (Wildman–Crippen MR) is 79.3 cm³/mol. The number of hydrogen-bond donors (Lipinski definition) is 0. The molecule has 0 atom stereocenters. The second-order valence-corrected chi connectivity index (χ2v) is 7.72. The van der Waals surface area contributed by atoms with E-state index in [2.05, 4.69) is 20.8 Å². The average Bonchev–Trinajstić information content (AvgIpc) is 2.48. The Morgan fingerprint density at radius 3 is 2.20 bits per heavy atom. The van der Waals surface area contributed by atoms with Gasteiger partial charge in [0.05, 0.1) is 18.1 Å². The molecule has 5 heteroatoms. The molecule has 0 bridgehead atoms. The van der Waals surface area contributed by atoms with Crippen LogP contribution in [0.2, 0.25) is 0 Å². The van der Waals surface area contributed by atoms with E-state index < -0.39 is 10.0 Å². The molecule has 0 amide bonds. The first-order valence-electron chi connectivity index (χ1n) is 7.06. The van der Waals surface area contributed by atoms with Crippen LogP contribution in [0.15, 0.2) is 29.2 Å². The summed E-state index contributed by atoms with van der Waals surface area (Å²) in [6.45, 7) is 8.28. The third-order valence-electron chi connectivity index (χ3n) is 4.13. The van der Waals surface area contributed by atoms with Gasteiger partial charge in [-0.15, -0.1) is 0 Å². The van der Waals surface area contributed by atoms with E-state index in [0.717, 1.165) is 6.42 Å². The van der Waals surface area contributed by atoms with Crippen molar-refractivity contribution >= 4 is 10.0 Å². The number of hydrogen-bond acceptors (Lipinski definition) is 3. The minimum atomic E-state index is -3.38. The van der Waals surface area contributed by atoms with Crippen LogP contribution in [-0.4, -0.2) is 39.0 Å². The quantitative estimate of drug-likeness (QED) is 0.857. The normalized spacial score (nSPS) is 18.1. The standard InChI is InChI=1S/C15H23NO3S/c1-4-15(2,3)13-5-7-14(8-6-13)20(17,18)16-9-11-19-12-10-16/h5-8H,4,9-12H2,1-3H3. The first kappa shape index (κ1) is 15.5. The second-order valence-electron chi connectivity index (χ2n) is 5.78. The Bertz CT molecular complexity index is 543. The highest BCUT2D eigenvalue weighted by atomic mass is 32.2. The minimum Gasteiger partial charge on any atom is -0.379 e. The molecule has 20 heavy (non-hydrogen) atoms. The zero-order valence-electron chi connectivity index (χ0n) is 12.4. The van der Waals surface area contributed by atoms with E-state index in [1.54, 1.807) is 12.1 Å². The maximum atomic E-state index is 12.5. The Labute approximate surface area is 121 Å². The summed E-state index contributed by atoms with van der Waals surface area (Å²) in [4.78, 5) is 0.370. The molecule has 0 aliphatic carbocycles. The topological polar surface area (TPSA) is 46.6 Å². The molecule has 1 aliphatic rings. The van der Waals surface area contributed by atoms with Crippen molar-refractivity contribution < 1.29 is 13.2 Å². The highest BCUT2D eigenvalue weighted by Gasteiger charge is 2.27. The summed E-state index contributed by atoms with van der Waals surface area (Å²) in [6.07, 6.45) is 1.02. The van der Waals surface area contributed by atoms with Gasteiger partial charge in [-0.3, -0.25) is 0 Å². The SMILES string of the molecule is CCC(C)(C)c1ccc(S(=O)(=O)N2CCOCC2)cc1. The Balaban J connectivity index is 2.25. The molecule has 112 valence electrons. The van der Waals surface area contributed by atoms with E-state index in [9.17, 15) is 8.42 Å². The predicted octanol–water partition coefficient (Wildman–Crippen LogP) is 2.40. The van der Waals surface area contributed by atoms with Gasteiger partial charge in [-0.05, 0) is 29.5 Å². The lowest BCUT2D eigenvalue weighted by atomic mass is 9.82. The van der Waals surface area contributed by atoms with Gasteiger partial charge in [0.1, 0.15) is 0 Å². The fourth-order valence-electron chi connectivity index (χ4n) is 2.22. The van der Waals surface area contributed by atoms with Crippen LogP contribution in [0, 0.1) is 0 Å². The van der Waals surface area contributed by atoms with Gasteiger partial charge < -0.3 is 4.74 Å². The van der Waals surface area contributed by atoms with Crippen molar-refractivity contribution in [2.45, 2.75) is 37.5 Å². The molecular formula is C15H23NO3S. The number of nitrogens with zero attached hydrogens (tertiary/aromatic N) is 1. The molecule has 0 N–H and O–H groups in total. The van der Waals surface area contributed by atoms with E-state index in [-0.39, 0.29) is 5.41 Å². The van der Waals surface area contributed by atoms with E-state index >= 15 is 0 Å². The Kier molecular flexibility index (Phi) is 4.52. The fraction of sp³-hybridized carbons (Fsp3) is 0.600. The van der Waals surface area contributed by atoms with Crippen LogP contribution < -0.4 is 0 Å². The lowest BCUT2D eigenvalue weighted by Crippen LogP contribution is -2.40. The van der Waals surface area contributed by atoms with Gasteiger partial charge in [-0.25, -0.2) is 8.42 Å². The molecule has 0 aromatic heterocycles. The summed E-state index contributed by atoms with van der Waals surface area (Å²) in [5, 5.41) is 0. The fourth-order valence-corrected chi connectivity index (χ4v) is 3.63. The van der Waals surface area contributed by atoms with E-state index in [1.807, 2.05) is 12.1 Å². The Morgan fingerprint density at radius 1 is 1.15 bits per heavy atom. The summed E-state index contributed by atoms with van der Waals surface area (Å²) in [5.74, 6) is 0. The largest absolute Gasteiger partial charge is 0.379 e. The van der Waals surface area contributed by atoms with Gasteiger partial charge in [0.25, 0.3) is 0 Å². The Morgan fingerprint density at radius 2 is 1.70 bits per heavy atom. The third kappa shape index (κ3) is 3.05. The summed E-state index contributed by atoms with van der Waals surface area (Å²) in [6, 6.07) is 7.29. The molecule has 0 unspecified atom stereocenters. The van der Waals surface area contributed by atoms with Crippen molar-refractivity contribution in [3.63, 3.8) is 0 Å². The van der Waals surface area contributed by atoms with Crippen LogP contribution in [0.1, 0.15) is 32.8 Å². The number of benzene rings is 1. The van der Waals surface area contributed by atoms with Gasteiger partial charge in [0.2, 0.25) is 10.0 Å². The van der Waals surface area contributed by atoms with E-state index in [1.165, 1.54) is 9.87 Å². The van der Waals surface area contributed by atoms with Gasteiger partial charge in [0.15, 0.2) is 0 Å². The van der Waals surface area contributed by atoms with Crippen molar-refractivity contribution in [3.05, 3.63) is 29.8 Å². The lowest BCUT2D eigenvalue weighted by molar-refractivity contribution is 0.0730. The van der Waals surface area contributed by atoms with Crippen LogP contribution in [-0.2, 0) is 20.2 Å². The Hall–Kier alpha value is -0.910. The summed E-state index contributed by atoms with van der Waals surface area (Å²) < 4.78 is 31.7. The third-order valence-corrected chi connectivity index (χ3v) is 6.04. The van der Waals surface area contributed by atoms with Crippen LogP contribution >= 0.6 is 0 Å². The summed E-state index contributed by atoms with van der Waals surface area (Å²) in [5.41, 5.74) is 1.24. The van der Waals surface area contributed by atoms with Crippen LogP contribution in [0.5, 0.6) is 0 Å². The van der Waals surface area contributed by atoms with Crippen molar-refractivity contribution in [3.8, 4) is 0 Å². The molecular weight excluding hydrogens is 274 g/mol. The van der Waals surface area contributed by atoms with Gasteiger partial charge in [-0.1, -0.05) is 32.9 Å². The highest BCUT2D eigenvalue weighted by molar-refractivity contribution is 7.89. The molecule has 0 spiro atoms. The molecule has 4 nitrogen and oxygen atoms in total. The molecule has 1 saturated heterocycles. The van der Waals surface area contributed by atoms with Crippen LogP contribution in [0.3, 0.4) is 0 Å². The van der Waals surface area contributed by atoms with E-state index in [4.69, 9.17) is 4.74 Å². The molecule has 1 aromatic carbocycles. The molecule has 1 aliphatic heterocycles. The van der Waals surface area contributed by atoms with Crippen LogP contribution in [0.4, 0.5) is 0 Å². The van der Waals surface area contributed by atoms with E-state index in [0.29, 0.717) is 31.2 Å². The molecule has 0 radical (unpaired) electrons. The first-order valence-corrected chi connectivity index (χ1v) is 8.50. The number of morpholine rings is 1. The zero-order valence-corrected chi connectivity index (χ0v) is 13.2. The monoisotopic (exact) mass is 297 g/mol. The van der Waals surface area contributed by atoms with Gasteiger partial charge in [0, 0.05) is 13.1 Å². The molecule has 1 aromatic rings. The summed E-state index contributed by atoms with van der Waals surface area (Å²) >= 11 is 0. The van der Waals surface area contributed by atoms with Crippen molar-refractivity contribution in [1.82, 2.24) is 4.31 Å². The molecule has 1 heterocycles.